The molecule has 1 N–H and O–H groups in total. The predicted octanol–water partition coefficient (Wildman–Crippen LogP) is 2.61. The van der Waals surface area contributed by atoms with Gasteiger partial charge in [0.05, 0.1) is 5.92 Å². The van der Waals surface area contributed by atoms with Gasteiger partial charge in [-0.15, -0.1) is 0 Å². The van der Waals surface area contributed by atoms with Crippen LogP contribution in [0.3, 0.4) is 0 Å². The first kappa shape index (κ1) is 13.5. The van der Waals surface area contributed by atoms with Crippen LogP contribution in [-0.2, 0) is 4.79 Å². The molecule has 1 aliphatic rings. The molecule has 0 aromatic heterocycles. The topological polar surface area (TPSA) is 40.5 Å². The molecule has 0 aliphatic carbocycles. The fourth-order valence-electron chi connectivity index (χ4n) is 2.68. The monoisotopic (exact) mass is 227 g/mol. The highest BCUT2D eigenvalue weighted by molar-refractivity contribution is 5.70. The van der Waals surface area contributed by atoms with E-state index in [1.165, 1.54) is 12.8 Å². The molecule has 0 aromatic rings. The van der Waals surface area contributed by atoms with Gasteiger partial charge in [-0.1, -0.05) is 26.7 Å². The molecule has 0 unspecified atom stereocenters. The first-order valence-electron chi connectivity index (χ1n) is 6.56. The van der Waals surface area contributed by atoms with Gasteiger partial charge in [-0.3, -0.25) is 9.69 Å². The number of piperidine rings is 1. The Morgan fingerprint density at radius 3 is 2.56 bits per heavy atom. The van der Waals surface area contributed by atoms with Gasteiger partial charge in [0.2, 0.25) is 0 Å². The number of aliphatic carboxylic acids is 1. The van der Waals surface area contributed by atoms with E-state index in [0.29, 0.717) is 0 Å². The highest BCUT2D eigenvalue weighted by atomic mass is 16.4. The van der Waals surface area contributed by atoms with Crippen molar-refractivity contribution in [1.82, 2.24) is 4.90 Å². The number of hydrogen-bond acceptors (Lipinski definition) is 2. The third kappa shape index (κ3) is 3.21. The summed E-state index contributed by atoms with van der Waals surface area (Å²) in [6.45, 7) is 8.65. The van der Waals surface area contributed by atoms with Crippen LogP contribution in [0.1, 0.15) is 46.5 Å². The Morgan fingerprint density at radius 1 is 1.44 bits per heavy atom. The van der Waals surface area contributed by atoms with Gasteiger partial charge in [0.15, 0.2) is 0 Å². The van der Waals surface area contributed by atoms with Crippen molar-refractivity contribution in [2.24, 2.45) is 11.8 Å². The van der Waals surface area contributed by atoms with Crippen molar-refractivity contribution in [2.75, 3.05) is 13.1 Å². The largest absolute Gasteiger partial charge is 0.481 e. The lowest BCUT2D eigenvalue weighted by Gasteiger charge is -2.39. The molecular formula is C13H25NO2. The Kier molecular flexibility index (Phi) is 5.26. The summed E-state index contributed by atoms with van der Waals surface area (Å²) in [5.74, 6) is -0.0696. The second-order valence-corrected chi connectivity index (χ2v) is 5.01. The molecular weight excluding hydrogens is 202 g/mol. The number of carboxylic acids is 1. The molecule has 0 spiro atoms. The Hall–Kier alpha value is -0.570. The summed E-state index contributed by atoms with van der Waals surface area (Å²) in [7, 11) is 0. The number of rotatable bonds is 5. The Bertz CT molecular complexity index is 226. The average molecular weight is 227 g/mol. The standard InChI is InChI=1S/C13H25NO2/c1-4-11(5-2)9-14-8-6-7-12(10(14)3)13(15)16/h10-12H,4-9H2,1-3H3,(H,15,16)/t10-,12-/m0/s1. The van der Waals surface area contributed by atoms with Crippen molar-refractivity contribution in [2.45, 2.75) is 52.5 Å². The van der Waals surface area contributed by atoms with Gasteiger partial charge in [0, 0.05) is 12.6 Å². The SMILES string of the molecule is CCC(CC)CN1CCC[C@H](C(=O)O)[C@@H]1C. The van der Waals surface area contributed by atoms with E-state index in [0.717, 1.165) is 31.8 Å². The summed E-state index contributed by atoms with van der Waals surface area (Å²) in [5, 5.41) is 9.15. The second-order valence-electron chi connectivity index (χ2n) is 5.01. The Balaban J connectivity index is 2.56. The number of hydrogen-bond donors (Lipinski definition) is 1. The maximum Gasteiger partial charge on any atom is 0.308 e. The normalized spacial score (nSPS) is 27.2. The molecule has 3 nitrogen and oxygen atoms in total. The van der Waals surface area contributed by atoms with Crippen LogP contribution in [0.4, 0.5) is 0 Å². The van der Waals surface area contributed by atoms with Crippen molar-refractivity contribution in [3.8, 4) is 0 Å². The highest BCUT2D eigenvalue weighted by Crippen LogP contribution is 2.25. The molecule has 0 aromatic carbocycles. The highest BCUT2D eigenvalue weighted by Gasteiger charge is 2.33. The quantitative estimate of drug-likeness (QED) is 0.785. The van der Waals surface area contributed by atoms with Gasteiger partial charge >= 0.3 is 5.97 Å². The van der Waals surface area contributed by atoms with Crippen LogP contribution in [0.5, 0.6) is 0 Å². The second kappa shape index (κ2) is 6.24. The molecule has 1 rings (SSSR count). The summed E-state index contributed by atoms with van der Waals surface area (Å²) >= 11 is 0. The van der Waals surface area contributed by atoms with Crippen LogP contribution < -0.4 is 0 Å². The minimum atomic E-state index is -0.623. The van der Waals surface area contributed by atoms with Crippen molar-refractivity contribution < 1.29 is 9.90 Å². The summed E-state index contributed by atoms with van der Waals surface area (Å²) in [6.07, 6.45) is 4.26. The van der Waals surface area contributed by atoms with E-state index in [9.17, 15) is 4.79 Å². The van der Waals surface area contributed by atoms with E-state index >= 15 is 0 Å². The average Bonchev–Trinajstić information content (AvgIpc) is 2.27. The minimum Gasteiger partial charge on any atom is -0.481 e. The predicted molar refractivity (Wildman–Crippen MR) is 65.5 cm³/mol. The summed E-state index contributed by atoms with van der Waals surface area (Å²) in [5.41, 5.74) is 0. The van der Waals surface area contributed by atoms with Crippen molar-refractivity contribution >= 4 is 5.97 Å². The lowest BCUT2D eigenvalue weighted by molar-refractivity contribution is -0.145. The van der Waals surface area contributed by atoms with Gasteiger partial charge in [-0.05, 0) is 32.2 Å². The first-order chi connectivity index (χ1) is 7.60. The van der Waals surface area contributed by atoms with Crippen LogP contribution in [-0.4, -0.2) is 35.1 Å². The van der Waals surface area contributed by atoms with E-state index < -0.39 is 5.97 Å². The maximum absolute atomic E-state index is 11.1. The first-order valence-corrected chi connectivity index (χ1v) is 6.56. The zero-order valence-corrected chi connectivity index (χ0v) is 10.8. The third-order valence-corrected chi connectivity index (χ3v) is 4.08. The van der Waals surface area contributed by atoms with Crippen molar-refractivity contribution in [3.63, 3.8) is 0 Å². The summed E-state index contributed by atoms with van der Waals surface area (Å²) in [6, 6.07) is 0.201. The molecule has 1 aliphatic heterocycles. The van der Waals surface area contributed by atoms with E-state index in [-0.39, 0.29) is 12.0 Å². The fraction of sp³-hybridized carbons (Fsp3) is 0.923. The molecule has 16 heavy (non-hydrogen) atoms. The van der Waals surface area contributed by atoms with Crippen LogP contribution in [0.15, 0.2) is 0 Å². The van der Waals surface area contributed by atoms with Gasteiger partial charge < -0.3 is 5.11 Å². The van der Waals surface area contributed by atoms with E-state index in [2.05, 4.69) is 25.7 Å². The van der Waals surface area contributed by atoms with Gasteiger partial charge in [-0.2, -0.15) is 0 Å². The summed E-state index contributed by atoms with van der Waals surface area (Å²) < 4.78 is 0. The van der Waals surface area contributed by atoms with E-state index in [1.807, 2.05) is 0 Å². The number of carbonyl (C=O) groups is 1. The fourth-order valence-corrected chi connectivity index (χ4v) is 2.68. The molecule has 0 saturated carbocycles. The molecule has 1 fully saturated rings. The zero-order chi connectivity index (χ0) is 12.1. The third-order valence-electron chi connectivity index (χ3n) is 4.08. The maximum atomic E-state index is 11.1. The Morgan fingerprint density at radius 2 is 2.06 bits per heavy atom. The van der Waals surface area contributed by atoms with Crippen molar-refractivity contribution in [1.29, 1.82) is 0 Å². The van der Waals surface area contributed by atoms with E-state index in [1.54, 1.807) is 0 Å². The lowest BCUT2D eigenvalue weighted by atomic mass is 9.89. The van der Waals surface area contributed by atoms with Gasteiger partial charge in [-0.25, -0.2) is 0 Å². The molecule has 0 radical (unpaired) electrons. The van der Waals surface area contributed by atoms with Crippen LogP contribution in [0.25, 0.3) is 0 Å². The number of nitrogens with zero attached hydrogens (tertiary/aromatic N) is 1. The van der Waals surface area contributed by atoms with Gasteiger partial charge in [0.25, 0.3) is 0 Å². The lowest BCUT2D eigenvalue weighted by Crippen LogP contribution is -2.47. The smallest absolute Gasteiger partial charge is 0.308 e. The minimum absolute atomic E-state index is 0.164. The van der Waals surface area contributed by atoms with Crippen LogP contribution >= 0.6 is 0 Å². The van der Waals surface area contributed by atoms with E-state index in [4.69, 9.17) is 5.11 Å². The molecule has 0 amide bonds. The van der Waals surface area contributed by atoms with Crippen LogP contribution in [0.2, 0.25) is 0 Å². The summed E-state index contributed by atoms with van der Waals surface area (Å²) in [4.78, 5) is 13.5. The van der Waals surface area contributed by atoms with Gasteiger partial charge in [0.1, 0.15) is 0 Å². The Labute approximate surface area is 98.8 Å². The van der Waals surface area contributed by atoms with Crippen LogP contribution in [0, 0.1) is 11.8 Å². The molecule has 1 heterocycles. The molecule has 1 saturated heterocycles. The number of likely N-dealkylation sites (tertiary alicyclic amines) is 1. The molecule has 2 atom stereocenters. The van der Waals surface area contributed by atoms with Crippen molar-refractivity contribution in [3.05, 3.63) is 0 Å². The molecule has 94 valence electrons. The number of carboxylic acid groups (broad SMARTS) is 1. The molecule has 0 bridgehead atoms. The zero-order valence-electron chi connectivity index (χ0n) is 10.8. The molecule has 3 heteroatoms.